The van der Waals surface area contributed by atoms with Gasteiger partial charge < -0.3 is 14.4 Å². The van der Waals surface area contributed by atoms with Crippen LogP contribution in [-0.4, -0.2) is 27.7 Å². The summed E-state index contributed by atoms with van der Waals surface area (Å²) in [7, 11) is 0. The Kier molecular flexibility index (Phi) is 4.84. The molecule has 4 nitrogen and oxygen atoms in total. The van der Waals surface area contributed by atoms with Gasteiger partial charge in [0.1, 0.15) is 5.76 Å². The number of aliphatic hydroxyl groups excluding tert-OH is 1. The molecule has 0 amide bonds. The molecule has 152 valence electrons. The van der Waals surface area contributed by atoms with Crippen molar-refractivity contribution in [2.75, 3.05) is 13.1 Å². The highest BCUT2D eigenvalue weighted by molar-refractivity contribution is 5.67. The Morgan fingerprint density at radius 3 is 2.76 bits per heavy atom. The van der Waals surface area contributed by atoms with Crippen LogP contribution in [-0.2, 0) is 23.5 Å². The Balaban J connectivity index is 1.49. The average molecular weight is 391 g/mol. The molecule has 4 heteroatoms. The lowest BCUT2D eigenvalue weighted by Crippen LogP contribution is -2.39. The van der Waals surface area contributed by atoms with Crippen molar-refractivity contribution in [3.63, 3.8) is 0 Å². The van der Waals surface area contributed by atoms with Crippen LogP contribution in [0.5, 0.6) is 0 Å². The number of nitrogens with zero attached hydrogens (tertiary/aromatic N) is 2. The second kappa shape index (κ2) is 7.51. The molecular weight excluding hydrogens is 360 g/mol. The van der Waals surface area contributed by atoms with Crippen molar-refractivity contribution in [2.24, 2.45) is 5.92 Å². The zero-order valence-electron chi connectivity index (χ0n) is 17.2. The van der Waals surface area contributed by atoms with Gasteiger partial charge in [-0.2, -0.15) is 0 Å². The maximum Gasteiger partial charge on any atom is 0.151 e. The van der Waals surface area contributed by atoms with Gasteiger partial charge in [-0.1, -0.05) is 43.3 Å². The summed E-state index contributed by atoms with van der Waals surface area (Å²) in [6.45, 7) is 5.46. The van der Waals surface area contributed by atoms with Crippen LogP contribution in [0.25, 0.3) is 5.70 Å². The van der Waals surface area contributed by atoms with E-state index in [1.807, 2.05) is 0 Å². The van der Waals surface area contributed by atoms with E-state index in [4.69, 9.17) is 4.74 Å². The second-order valence-corrected chi connectivity index (χ2v) is 8.81. The molecule has 1 spiro atoms. The molecule has 5 rings (SSSR count). The predicted molar refractivity (Wildman–Crippen MR) is 115 cm³/mol. The van der Waals surface area contributed by atoms with E-state index in [2.05, 4.69) is 71.0 Å². The van der Waals surface area contributed by atoms with Crippen LogP contribution in [0.2, 0.25) is 0 Å². The Bertz CT molecular complexity index is 943. The molecule has 0 bridgehead atoms. The number of allylic oxidation sites excluding steroid dienone is 3. The van der Waals surface area contributed by atoms with Crippen molar-refractivity contribution >= 4 is 5.70 Å². The first-order valence-electron chi connectivity index (χ1n) is 10.9. The minimum atomic E-state index is -0.321. The van der Waals surface area contributed by atoms with Gasteiger partial charge in [-0.3, -0.25) is 4.90 Å². The molecule has 1 aromatic carbocycles. The van der Waals surface area contributed by atoms with Crippen LogP contribution in [0, 0.1) is 5.92 Å². The van der Waals surface area contributed by atoms with Crippen molar-refractivity contribution in [1.82, 2.24) is 9.47 Å². The van der Waals surface area contributed by atoms with Gasteiger partial charge in [0.2, 0.25) is 0 Å². The van der Waals surface area contributed by atoms with Crippen LogP contribution >= 0.6 is 0 Å². The third kappa shape index (κ3) is 3.34. The van der Waals surface area contributed by atoms with Crippen molar-refractivity contribution in [1.29, 1.82) is 0 Å². The second-order valence-electron chi connectivity index (χ2n) is 8.81. The Hall–Kier alpha value is -2.30. The molecule has 29 heavy (non-hydrogen) atoms. The molecule has 1 N–H and O–H groups in total. The third-order valence-corrected chi connectivity index (χ3v) is 6.55. The largest absolute Gasteiger partial charge is 0.479 e. The fourth-order valence-electron chi connectivity index (χ4n) is 5.35. The van der Waals surface area contributed by atoms with Crippen LogP contribution in [0.15, 0.2) is 60.4 Å². The summed E-state index contributed by atoms with van der Waals surface area (Å²) in [5.74, 6) is 1.52. The predicted octanol–water partition coefficient (Wildman–Crippen LogP) is 4.66. The van der Waals surface area contributed by atoms with Crippen molar-refractivity contribution in [3.05, 3.63) is 77.3 Å². The van der Waals surface area contributed by atoms with E-state index in [-0.39, 0.29) is 12.2 Å². The summed E-state index contributed by atoms with van der Waals surface area (Å²) in [5.41, 5.74) is 4.33. The maximum atomic E-state index is 9.96. The van der Waals surface area contributed by atoms with Gasteiger partial charge in [0.15, 0.2) is 5.60 Å². The van der Waals surface area contributed by atoms with Gasteiger partial charge in [0.05, 0.1) is 18.0 Å². The molecule has 0 radical (unpaired) electrons. The minimum absolute atomic E-state index is 0.0520. The average Bonchev–Trinajstić information content (AvgIpc) is 3.12. The topological polar surface area (TPSA) is 37.6 Å². The molecule has 1 aromatic heterocycles. The number of ether oxygens (including phenoxy) is 1. The lowest BCUT2D eigenvalue weighted by atomic mass is 9.85. The third-order valence-electron chi connectivity index (χ3n) is 6.55. The number of hydrogen-bond donors (Lipinski definition) is 1. The number of fused-ring (bicyclic) bond motifs is 4. The highest BCUT2D eigenvalue weighted by atomic mass is 16.5. The first-order valence-corrected chi connectivity index (χ1v) is 10.9. The summed E-state index contributed by atoms with van der Waals surface area (Å²) in [5, 5.41) is 9.96. The van der Waals surface area contributed by atoms with Gasteiger partial charge in [-0.05, 0) is 49.0 Å². The van der Waals surface area contributed by atoms with E-state index in [0.29, 0.717) is 5.92 Å². The van der Waals surface area contributed by atoms with Crippen molar-refractivity contribution in [2.45, 2.75) is 51.4 Å². The zero-order chi connectivity index (χ0) is 19.8. The van der Waals surface area contributed by atoms with Crippen LogP contribution in [0.1, 0.15) is 49.6 Å². The molecule has 2 atom stereocenters. The summed E-state index contributed by atoms with van der Waals surface area (Å²) in [6, 6.07) is 15.0. The molecule has 2 unspecified atom stereocenters. The Morgan fingerprint density at radius 1 is 1.10 bits per heavy atom. The smallest absolute Gasteiger partial charge is 0.151 e. The summed E-state index contributed by atoms with van der Waals surface area (Å²) in [6.07, 6.45) is 8.50. The quantitative estimate of drug-likeness (QED) is 0.828. The zero-order valence-corrected chi connectivity index (χ0v) is 17.2. The molecule has 1 fully saturated rings. The first kappa shape index (κ1) is 18.7. The Labute approximate surface area is 173 Å². The summed E-state index contributed by atoms with van der Waals surface area (Å²) < 4.78 is 9.09. The Morgan fingerprint density at radius 2 is 1.93 bits per heavy atom. The van der Waals surface area contributed by atoms with E-state index in [1.54, 1.807) is 0 Å². The lowest BCUT2D eigenvalue weighted by molar-refractivity contribution is -0.0302. The number of rotatable bonds is 3. The molecule has 2 aliphatic heterocycles. The number of hydrogen-bond acceptors (Lipinski definition) is 3. The number of benzene rings is 1. The molecule has 1 saturated heterocycles. The van der Waals surface area contributed by atoms with E-state index in [0.717, 1.165) is 62.5 Å². The van der Waals surface area contributed by atoms with Crippen molar-refractivity contribution in [3.8, 4) is 0 Å². The molecule has 3 heterocycles. The summed E-state index contributed by atoms with van der Waals surface area (Å²) >= 11 is 0. The van der Waals surface area contributed by atoms with E-state index < -0.39 is 0 Å². The molecule has 3 aliphatic rings. The standard InChI is InChI=1S/C25H30N2O2/c1-19-15-25(13-14-26(16-19)17-20-7-3-2-4-8-20)24-12-11-21(18-28)27(24)22-9-5-6-10-23(22)29-25/h2-4,7-12,19,28H,5-6,13-18H2,1H3. The van der Waals surface area contributed by atoms with Gasteiger partial charge >= 0.3 is 0 Å². The van der Waals surface area contributed by atoms with Gasteiger partial charge in [0, 0.05) is 31.7 Å². The SMILES string of the molecule is CC1CN(Cc2ccccc2)CCC2(C1)OC1=CCCC=C1n1c(CO)ccc12. The number of aromatic nitrogens is 1. The van der Waals surface area contributed by atoms with E-state index in [1.165, 1.54) is 11.3 Å². The molecular formula is C25H30N2O2. The summed E-state index contributed by atoms with van der Waals surface area (Å²) in [4.78, 5) is 2.57. The highest BCUT2D eigenvalue weighted by Gasteiger charge is 2.46. The van der Waals surface area contributed by atoms with Gasteiger partial charge in [-0.25, -0.2) is 0 Å². The highest BCUT2D eigenvalue weighted by Crippen LogP contribution is 2.48. The van der Waals surface area contributed by atoms with E-state index in [9.17, 15) is 5.11 Å². The normalized spacial score (nSPS) is 26.8. The maximum absolute atomic E-state index is 9.96. The van der Waals surface area contributed by atoms with Crippen LogP contribution < -0.4 is 0 Å². The first-order chi connectivity index (χ1) is 14.2. The number of aliphatic hydroxyl groups is 1. The van der Waals surface area contributed by atoms with Crippen LogP contribution in [0.4, 0.5) is 0 Å². The monoisotopic (exact) mass is 390 g/mol. The van der Waals surface area contributed by atoms with Gasteiger partial charge in [0.25, 0.3) is 0 Å². The van der Waals surface area contributed by atoms with Crippen molar-refractivity contribution < 1.29 is 9.84 Å². The minimum Gasteiger partial charge on any atom is -0.479 e. The fraction of sp³-hybridized carbons (Fsp3) is 0.440. The number of likely N-dealkylation sites (tertiary alicyclic amines) is 1. The molecule has 1 aliphatic carbocycles. The van der Waals surface area contributed by atoms with E-state index >= 15 is 0 Å². The van der Waals surface area contributed by atoms with Crippen LogP contribution in [0.3, 0.4) is 0 Å². The molecule has 2 aromatic rings. The lowest BCUT2D eigenvalue weighted by Gasteiger charge is -2.42. The van der Waals surface area contributed by atoms with Gasteiger partial charge in [-0.15, -0.1) is 0 Å². The fourth-order valence-corrected chi connectivity index (χ4v) is 5.35. The molecule has 0 saturated carbocycles.